The Labute approximate surface area is 172 Å². The minimum atomic E-state index is -0.148. The van der Waals surface area contributed by atoms with Crippen LogP contribution in [-0.2, 0) is 11.3 Å². The lowest BCUT2D eigenvalue weighted by molar-refractivity contribution is -0.0704. The third-order valence-electron chi connectivity index (χ3n) is 4.81. The van der Waals surface area contributed by atoms with E-state index in [9.17, 15) is 4.79 Å². The first-order valence-corrected chi connectivity index (χ1v) is 9.94. The number of ether oxygens (including phenoxy) is 1. The lowest BCUT2D eigenvalue weighted by Crippen LogP contribution is -2.44. The van der Waals surface area contributed by atoms with Crippen molar-refractivity contribution >= 4 is 28.9 Å². The van der Waals surface area contributed by atoms with E-state index in [2.05, 4.69) is 24.1 Å². The molecule has 1 amide bonds. The molecule has 0 radical (unpaired) electrons. The van der Waals surface area contributed by atoms with Crippen molar-refractivity contribution in [1.82, 2.24) is 4.90 Å². The van der Waals surface area contributed by atoms with E-state index in [1.807, 2.05) is 55.4 Å². The van der Waals surface area contributed by atoms with Crippen molar-refractivity contribution in [2.75, 3.05) is 37.4 Å². The maximum Gasteiger partial charge on any atom is 0.255 e. The average Bonchev–Trinajstić information content (AvgIpc) is 2.61. The van der Waals surface area contributed by atoms with Crippen molar-refractivity contribution in [2.24, 2.45) is 0 Å². The molecule has 1 N–H and O–H groups in total. The lowest BCUT2D eigenvalue weighted by Gasteiger charge is -2.35. The Kier molecular flexibility index (Phi) is 6.60. The molecule has 1 saturated heterocycles. The number of amides is 1. The predicted octanol–water partition coefficient (Wildman–Crippen LogP) is 4.27. The van der Waals surface area contributed by atoms with Crippen LogP contribution in [0.4, 0.5) is 11.4 Å². The summed E-state index contributed by atoms with van der Waals surface area (Å²) in [4.78, 5) is 17.0. The molecule has 0 saturated carbocycles. The third kappa shape index (κ3) is 5.25. The van der Waals surface area contributed by atoms with Crippen LogP contribution in [0.15, 0.2) is 42.5 Å². The quantitative estimate of drug-likeness (QED) is 0.812. The maximum absolute atomic E-state index is 12.7. The molecular formula is C22H28ClN3O2. The molecule has 0 aromatic heterocycles. The Hall–Kier alpha value is -2.08. The first kappa shape index (κ1) is 20.6. The summed E-state index contributed by atoms with van der Waals surface area (Å²) in [7, 11) is 3.86. The van der Waals surface area contributed by atoms with Gasteiger partial charge in [-0.05, 0) is 49.7 Å². The van der Waals surface area contributed by atoms with Crippen LogP contribution in [0, 0.1) is 0 Å². The molecule has 3 rings (SSSR count). The minimum Gasteiger partial charge on any atom is -0.376 e. The third-order valence-corrected chi connectivity index (χ3v) is 5.04. The summed E-state index contributed by atoms with van der Waals surface area (Å²) in [5, 5.41) is 3.56. The second-order valence-electron chi connectivity index (χ2n) is 7.66. The summed E-state index contributed by atoms with van der Waals surface area (Å²) in [6.45, 7) is 6.92. The van der Waals surface area contributed by atoms with Crippen LogP contribution in [0.5, 0.6) is 0 Å². The van der Waals surface area contributed by atoms with Crippen molar-refractivity contribution < 1.29 is 9.53 Å². The molecule has 0 bridgehead atoms. The van der Waals surface area contributed by atoms with Gasteiger partial charge in [0.05, 0.1) is 23.6 Å². The summed E-state index contributed by atoms with van der Waals surface area (Å²) in [5.41, 5.74) is 3.42. The highest BCUT2D eigenvalue weighted by atomic mass is 35.5. The van der Waals surface area contributed by atoms with Gasteiger partial charge in [-0.3, -0.25) is 9.69 Å². The highest BCUT2D eigenvalue weighted by Crippen LogP contribution is 2.28. The van der Waals surface area contributed by atoms with Crippen LogP contribution in [0.3, 0.4) is 0 Å². The monoisotopic (exact) mass is 401 g/mol. The van der Waals surface area contributed by atoms with Gasteiger partial charge < -0.3 is 15.0 Å². The Bertz CT molecular complexity index is 813. The normalized spacial score (nSPS) is 20.0. The molecule has 0 spiro atoms. The van der Waals surface area contributed by atoms with Gasteiger partial charge in [0.2, 0.25) is 0 Å². The number of morpholine rings is 1. The highest BCUT2D eigenvalue weighted by molar-refractivity contribution is 6.31. The van der Waals surface area contributed by atoms with Crippen molar-refractivity contribution in [3.05, 3.63) is 58.6 Å². The van der Waals surface area contributed by atoms with Crippen LogP contribution in [-0.4, -0.2) is 50.2 Å². The zero-order chi connectivity index (χ0) is 20.3. The minimum absolute atomic E-state index is 0.148. The molecule has 2 atom stereocenters. The van der Waals surface area contributed by atoms with Gasteiger partial charge in [-0.15, -0.1) is 0 Å². The van der Waals surface area contributed by atoms with Gasteiger partial charge >= 0.3 is 0 Å². The van der Waals surface area contributed by atoms with Crippen molar-refractivity contribution in [3.63, 3.8) is 0 Å². The van der Waals surface area contributed by atoms with Gasteiger partial charge in [0.25, 0.3) is 5.91 Å². The molecule has 2 aromatic carbocycles. The van der Waals surface area contributed by atoms with Crippen LogP contribution in [0.2, 0.25) is 5.02 Å². The van der Waals surface area contributed by atoms with Crippen LogP contribution >= 0.6 is 11.6 Å². The van der Waals surface area contributed by atoms with E-state index >= 15 is 0 Å². The average molecular weight is 402 g/mol. The fourth-order valence-electron chi connectivity index (χ4n) is 3.63. The van der Waals surface area contributed by atoms with Gasteiger partial charge in [-0.2, -0.15) is 0 Å². The maximum atomic E-state index is 12.7. The van der Waals surface area contributed by atoms with E-state index in [0.29, 0.717) is 16.3 Å². The second-order valence-corrected chi connectivity index (χ2v) is 8.09. The molecule has 5 nitrogen and oxygen atoms in total. The molecule has 0 aliphatic carbocycles. The zero-order valence-corrected chi connectivity index (χ0v) is 17.7. The van der Waals surface area contributed by atoms with E-state index in [1.165, 1.54) is 5.56 Å². The molecule has 1 aliphatic heterocycles. The van der Waals surface area contributed by atoms with Gasteiger partial charge in [-0.1, -0.05) is 23.7 Å². The van der Waals surface area contributed by atoms with Crippen LogP contribution in [0.25, 0.3) is 0 Å². The number of nitrogens with one attached hydrogen (secondary N) is 1. The molecule has 28 heavy (non-hydrogen) atoms. The number of halogens is 1. The summed E-state index contributed by atoms with van der Waals surface area (Å²) >= 11 is 6.10. The van der Waals surface area contributed by atoms with E-state index in [0.717, 1.165) is 25.3 Å². The summed E-state index contributed by atoms with van der Waals surface area (Å²) < 4.78 is 5.79. The molecule has 1 heterocycles. The number of carbonyl (C=O) groups excluding carboxylic acids is 1. The number of nitrogens with zero attached hydrogens (tertiary/aromatic N) is 2. The Morgan fingerprint density at radius 1 is 1.14 bits per heavy atom. The molecule has 1 aliphatic rings. The van der Waals surface area contributed by atoms with E-state index in [-0.39, 0.29) is 18.1 Å². The zero-order valence-electron chi connectivity index (χ0n) is 16.9. The molecular weight excluding hydrogens is 374 g/mol. The SMILES string of the molecule is CC1CN(Cc2ccc(C(=O)Nc3cc(Cl)ccc3N(C)C)cc2)CC(C)O1. The lowest BCUT2D eigenvalue weighted by atomic mass is 10.1. The van der Waals surface area contributed by atoms with Gasteiger partial charge in [0, 0.05) is 44.3 Å². The molecule has 1 fully saturated rings. The fourth-order valence-corrected chi connectivity index (χ4v) is 3.80. The molecule has 2 aromatic rings. The number of rotatable bonds is 5. The molecule has 6 heteroatoms. The summed E-state index contributed by atoms with van der Waals surface area (Å²) in [5.74, 6) is -0.148. The topological polar surface area (TPSA) is 44.8 Å². The van der Waals surface area contributed by atoms with E-state index in [1.54, 1.807) is 6.07 Å². The van der Waals surface area contributed by atoms with Gasteiger partial charge in [0.1, 0.15) is 0 Å². The molecule has 2 unspecified atom stereocenters. The largest absolute Gasteiger partial charge is 0.376 e. The van der Waals surface area contributed by atoms with Crippen molar-refractivity contribution in [3.8, 4) is 0 Å². The number of anilines is 2. The van der Waals surface area contributed by atoms with Crippen molar-refractivity contribution in [1.29, 1.82) is 0 Å². The Morgan fingerprint density at radius 2 is 1.79 bits per heavy atom. The van der Waals surface area contributed by atoms with Crippen LogP contribution < -0.4 is 10.2 Å². The smallest absolute Gasteiger partial charge is 0.255 e. The number of hydrogen-bond acceptors (Lipinski definition) is 4. The van der Waals surface area contributed by atoms with Crippen LogP contribution in [0.1, 0.15) is 29.8 Å². The van der Waals surface area contributed by atoms with E-state index in [4.69, 9.17) is 16.3 Å². The summed E-state index contributed by atoms with van der Waals surface area (Å²) in [6, 6.07) is 13.3. The summed E-state index contributed by atoms with van der Waals surface area (Å²) in [6.07, 6.45) is 0.495. The predicted molar refractivity (Wildman–Crippen MR) is 115 cm³/mol. The number of benzene rings is 2. The first-order valence-electron chi connectivity index (χ1n) is 9.57. The Balaban J connectivity index is 1.67. The first-order chi connectivity index (χ1) is 13.3. The number of carbonyl (C=O) groups is 1. The number of hydrogen-bond donors (Lipinski definition) is 1. The van der Waals surface area contributed by atoms with Gasteiger partial charge in [-0.25, -0.2) is 0 Å². The van der Waals surface area contributed by atoms with E-state index < -0.39 is 0 Å². The fraction of sp³-hybridized carbons (Fsp3) is 0.409. The highest BCUT2D eigenvalue weighted by Gasteiger charge is 2.22. The molecule has 150 valence electrons. The van der Waals surface area contributed by atoms with Gasteiger partial charge in [0.15, 0.2) is 0 Å². The van der Waals surface area contributed by atoms with Crippen molar-refractivity contribution in [2.45, 2.75) is 32.6 Å². The second kappa shape index (κ2) is 8.95. The Morgan fingerprint density at radius 3 is 2.39 bits per heavy atom. The standard InChI is InChI=1S/C22H28ClN3O2/c1-15-12-26(13-16(2)28-15)14-17-5-7-18(8-6-17)22(27)24-20-11-19(23)9-10-21(20)25(3)4/h5-11,15-16H,12-14H2,1-4H3,(H,24,27).